The van der Waals surface area contributed by atoms with Gasteiger partial charge in [-0.15, -0.1) is 0 Å². The zero-order valence-electron chi connectivity index (χ0n) is 10.7. The maximum atomic E-state index is 13.8. The molecule has 0 atom stereocenters. The normalized spacial score (nSPS) is 10.9. The van der Waals surface area contributed by atoms with Crippen molar-refractivity contribution >= 4 is 28.3 Å². The Labute approximate surface area is 120 Å². The van der Waals surface area contributed by atoms with E-state index in [1.807, 2.05) is 35.9 Å². The van der Waals surface area contributed by atoms with Gasteiger partial charge in [-0.1, -0.05) is 29.8 Å². The van der Waals surface area contributed by atoms with E-state index in [-0.39, 0.29) is 11.3 Å². The van der Waals surface area contributed by atoms with Crippen LogP contribution < -0.4 is 0 Å². The maximum absolute atomic E-state index is 13.8. The second-order valence-electron chi connectivity index (χ2n) is 4.62. The summed E-state index contributed by atoms with van der Waals surface area (Å²) in [5.74, 6) is -0.922. The zero-order valence-corrected chi connectivity index (χ0v) is 11.5. The number of benzene rings is 2. The molecule has 0 aliphatic rings. The number of nitrogens with zero attached hydrogens (tertiary/aromatic N) is 1. The number of ketones is 1. The third kappa shape index (κ3) is 2.00. The van der Waals surface area contributed by atoms with Crippen molar-refractivity contribution in [2.75, 3.05) is 0 Å². The van der Waals surface area contributed by atoms with E-state index < -0.39 is 5.82 Å². The highest BCUT2D eigenvalue weighted by molar-refractivity contribution is 6.31. The molecule has 2 aromatic carbocycles. The van der Waals surface area contributed by atoms with E-state index in [4.69, 9.17) is 11.6 Å². The summed E-state index contributed by atoms with van der Waals surface area (Å²) in [5, 5.41) is 1.15. The van der Waals surface area contributed by atoms with Crippen molar-refractivity contribution in [3.05, 3.63) is 70.6 Å². The van der Waals surface area contributed by atoms with Crippen LogP contribution in [-0.2, 0) is 7.05 Å². The third-order valence-corrected chi connectivity index (χ3v) is 3.55. The number of carbonyl (C=O) groups is 1. The van der Waals surface area contributed by atoms with Gasteiger partial charge < -0.3 is 4.57 Å². The Balaban J connectivity index is 2.20. The number of hydrogen-bond donors (Lipinski definition) is 0. The minimum absolute atomic E-state index is 0.00569. The van der Waals surface area contributed by atoms with Crippen LogP contribution >= 0.6 is 11.6 Å². The lowest BCUT2D eigenvalue weighted by atomic mass is 10.0. The molecule has 0 spiro atoms. The highest BCUT2D eigenvalue weighted by Gasteiger charge is 2.18. The fraction of sp³-hybridized carbons (Fsp3) is 0.0625. The van der Waals surface area contributed by atoms with Crippen molar-refractivity contribution in [3.8, 4) is 0 Å². The molecular weight excluding hydrogens is 277 g/mol. The van der Waals surface area contributed by atoms with Crippen LogP contribution in [0.1, 0.15) is 15.9 Å². The monoisotopic (exact) mass is 287 g/mol. The van der Waals surface area contributed by atoms with E-state index in [2.05, 4.69) is 0 Å². The van der Waals surface area contributed by atoms with E-state index in [9.17, 15) is 9.18 Å². The van der Waals surface area contributed by atoms with Gasteiger partial charge >= 0.3 is 0 Å². The lowest BCUT2D eigenvalue weighted by molar-refractivity contribution is 0.103. The molecule has 0 fully saturated rings. The number of carbonyl (C=O) groups excluding carboxylic acids is 1. The molecule has 0 saturated heterocycles. The summed E-state index contributed by atoms with van der Waals surface area (Å²) in [6.07, 6.45) is 1.72. The molecular formula is C16H11ClFNO. The van der Waals surface area contributed by atoms with Crippen LogP contribution in [0.15, 0.2) is 48.7 Å². The first-order valence-corrected chi connectivity index (χ1v) is 6.49. The Hall–Kier alpha value is -2.13. The summed E-state index contributed by atoms with van der Waals surface area (Å²) in [6.45, 7) is 0. The Bertz CT molecular complexity index is 822. The van der Waals surface area contributed by atoms with Gasteiger partial charge in [-0.2, -0.15) is 0 Å². The van der Waals surface area contributed by atoms with Crippen LogP contribution in [0.2, 0.25) is 5.02 Å². The van der Waals surface area contributed by atoms with Crippen molar-refractivity contribution in [2.45, 2.75) is 0 Å². The zero-order chi connectivity index (χ0) is 14.3. The average Bonchev–Trinajstić information content (AvgIpc) is 2.79. The molecule has 100 valence electrons. The Morgan fingerprint density at radius 1 is 1.15 bits per heavy atom. The van der Waals surface area contributed by atoms with E-state index in [1.54, 1.807) is 6.20 Å². The SMILES string of the molecule is Cn1cc(C(=O)c2cc(Cl)ccc2F)c2ccccc21. The summed E-state index contributed by atoms with van der Waals surface area (Å²) < 4.78 is 15.7. The number of aromatic nitrogens is 1. The van der Waals surface area contributed by atoms with E-state index >= 15 is 0 Å². The van der Waals surface area contributed by atoms with E-state index in [1.165, 1.54) is 18.2 Å². The predicted octanol–water partition coefficient (Wildman–Crippen LogP) is 4.20. The van der Waals surface area contributed by atoms with Gasteiger partial charge in [0.1, 0.15) is 5.82 Å². The fourth-order valence-corrected chi connectivity index (χ4v) is 2.51. The van der Waals surface area contributed by atoms with Crippen LogP contribution in [0.4, 0.5) is 4.39 Å². The van der Waals surface area contributed by atoms with Crippen LogP contribution in [0, 0.1) is 5.82 Å². The summed E-state index contributed by atoms with van der Waals surface area (Å²) in [4.78, 5) is 12.5. The number of fused-ring (bicyclic) bond motifs is 1. The molecule has 0 aliphatic carbocycles. The molecule has 2 nitrogen and oxygen atoms in total. The van der Waals surface area contributed by atoms with Gasteiger partial charge in [0.25, 0.3) is 0 Å². The lowest BCUT2D eigenvalue weighted by Crippen LogP contribution is -2.03. The van der Waals surface area contributed by atoms with Crippen molar-refractivity contribution < 1.29 is 9.18 Å². The molecule has 3 rings (SSSR count). The second kappa shape index (κ2) is 4.76. The molecule has 0 bridgehead atoms. The summed E-state index contributed by atoms with van der Waals surface area (Å²) in [6, 6.07) is 11.5. The number of para-hydroxylation sites is 1. The number of rotatable bonds is 2. The first-order valence-electron chi connectivity index (χ1n) is 6.12. The molecule has 3 aromatic rings. The minimum atomic E-state index is -0.563. The summed E-state index contributed by atoms with van der Waals surface area (Å²) in [5.41, 5.74) is 1.40. The van der Waals surface area contributed by atoms with Gasteiger partial charge in [-0.3, -0.25) is 4.79 Å². The average molecular weight is 288 g/mol. The molecule has 0 aliphatic heterocycles. The number of halogens is 2. The van der Waals surface area contributed by atoms with Gasteiger partial charge in [0.05, 0.1) is 5.56 Å². The Morgan fingerprint density at radius 2 is 1.90 bits per heavy atom. The number of hydrogen-bond acceptors (Lipinski definition) is 1. The van der Waals surface area contributed by atoms with Crippen molar-refractivity contribution in [3.63, 3.8) is 0 Å². The van der Waals surface area contributed by atoms with Crippen LogP contribution in [0.25, 0.3) is 10.9 Å². The fourth-order valence-electron chi connectivity index (χ4n) is 2.34. The molecule has 1 aromatic heterocycles. The van der Waals surface area contributed by atoms with Crippen molar-refractivity contribution in [1.29, 1.82) is 0 Å². The second-order valence-corrected chi connectivity index (χ2v) is 5.06. The maximum Gasteiger partial charge on any atom is 0.198 e. The van der Waals surface area contributed by atoms with Crippen molar-refractivity contribution in [1.82, 2.24) is 4.57 Å². The third-order valence-electron chi connectivity index (χ3n) is 3.31. The van der Waals surface area contributed by atoms with Gasteiger partial charge in [0, 0.05) is 34.7 Å². The van der Waals surface area contributed by atoms with Gasteiger partial charge in [-0.25, -0.2) is 4.39 Å². The largest absolute Gasteiger partial charge is 0.350 e. The first-order chi connectivity index (χ1) is 9.58. The highest BCUT2D eigenvalue weighted by Crippen LogP contribution is 2.25. The lowest BCUT2D eigenvalue weighted by Gasteiger charge is -2.02. The van der Waals surface area contributed by atoms with Gasteiger partial charge in [0.2, 0.25) is 0 Å². The predicted molar refractivity (Wildman–Crippen MR) is 77.8 cm³/mol. The molecule has 4 heteroatoms. The van der Waals surface area contributed by atoms with Crippen LogP contribution in [0.3, 0.4) is 0 Å². The molecule has 0 saturated carbocycles. The topological polar surface area (TPSA) is 22.0 Å². The quantitative estimate of drug-likeness (QED) is 0.647. The molecule has 1 heterocycles. The molecule has 20 heavy (non-hydrogen) atoms. The number of aryl methyl sites for hydroxylation is 1. The van der Waals surface area contributed by atoms with Crippen LogP contribution in [0.5, 0.6) is 0 Å². The Morgan fingerprint density at radius 3 is 2.70 bits per heavy atom. The Kier molecular flexibility index (Phi) is 3.07. The summed E-state index contributed by atoms with van der Waals surface area (Å²) in [7, 11) is 1.85. The molecule has 0 N–H and O–H groups in total. The van der Waals surface area contributed by atoms with E-state index in [0.29, 0.717) is 10.6 Å². The highest BCUT2D eigenvalue weighted by atomic mass is 35.5. The van der Waals surface area contributed by atoms with Gasteiger partial charge in [0.15, 0.2) is 5.78 Å². The summed E-state index contributed by atoms with van der Waals surface area (Å²) >= 11 is 5.85. The molecule has 0 unspecified atom stereocenters. The van der Waals surface area contributed by atoms with Crippen molar-refractivity contribution in [2.24, 2.45) is 7.05 Å². The first kappa shape index (κ1) is 12.9. The molecule has 0 radical (unpaired) electrons. The standard InChI is InChI=1S/C16H11ClFNO/c1-19-9-13(11-4-2-3-5-15(11)19)16(20)12-8-10(17)6-7-14(12)18/h2-9H,1H3. The minimum Gasteiger partial charge on any atom is -0.350 e. The van der Waals surface area contributed by atoms with E-state index in [0.717, 1.165) is 10.9 Å². The van der Waals surface area contributed by atoms with Crippen LogP contribution in [-0.4, -0.2) is 10.4 Å². The van der Waals surface area contributed by atoms with Gasteiger partial charge in [-0.05, 0) is 24.3 Å². The smallest absolute Gasteiger partial charge is 0.198 e. The molecule has 0 amide bonds.